The van der Waals surface area contributed by atoms with Crippen molar-refractivity contribution in [2.24, 2.45) is 5.92 Å². The van der Waals surface area contributed by atoms with Crippen LogP contribution in [0.25, 0.3) is 0 Å². The zero-order valence-electron chi connectivity index (χ0n) is 13.8. The summed E-state index contributed by atoms with van der Waals surface area (Å²) in [6.45, 7) is 13.0. The van der Waals surface area contributed by atoms with E-state index >= 15 is 0 Å². The van der Waals surface area contributed by atoms with Gasteiger partial charge in [0, 0.05) is 12.1 Å². The fourth-order valence-electron chi connectivity index (χ4n) is 3.42. The lowest BCUT2D eigenvalue weighted by molar-refractivity contribution is 0.182. The quantitative estimate of drug-likeness (QED) is 0.643. The Labute approximate surface area is 121 Å². The Morgan fingerprint density at radius 1 is 1.16 bits per heavy atom. The van der Waals surface area contributed by atoms with Crippen molar-refractivity contribution in [2.75, 3.05) is 19.6 Å². The molecular formula is C17H36N2. The number of unbranched alkanes of at least 4 members (excludes halogenated alkanes) is 1. The van der Waals surface area contributed by atoms with Crippen LogP contribution in [-0.2, 0) is 0 Å². The molecule has 0 radical (unpaired) electrons. The summed E-state index contributed by atoms with van der Waals surface area (Å²) < 4.78 is 0. The molecule has 0 bridgehead atoms. The van der Waals surface area contributed by atoms with Crippen molar-refractivity contribution < 1.29 is 0 Å². The highest BCUT2D eigenvalue weighted by atomic mass is 15.1. The number of hydrogen-bond acceptors (Lipinski definition) is 2. The minimum atomic E-state index is 0.755. The van der Waals surface area contributed by atoms with E-state index in [1.165, 1.54) is 58.0 Å². The Kier molecular flexibility index (Phi) is 8.72. The molecule has 1 N–H and O–H groups in total. The first-order valence-corrected chi connectivity index (χ1v) is 8.70. The van der Waals surface area contributed by atoms with Crippen molar-refractivity contribution in [3.05, 3.63) is 0 Å². The Balaban J connectivity index is 2.37. The minimum absolute atomic E-state index is 0.755. The van der Waals surface area contributed by atoms with E-state index in [0.717, 1.165) is 24.5 Å². The molecular weight excluding hydrogens is 232 g/mol. The van der Waals surface area contributed by atoms with Crippen LogP contribution in [0.5, 0.6) is 0 Å². The molecule has 0 spiro atoms. The predicted octanol–water partition coefficient (Wildman–Crippen LogP) is 4.06. The summed E-state index contributed by atoms with van der Waals surface area (Å²) in [6, 6.07) is 1.56. The van der Waals surface area contributed by atoms with Crippen LogP contribution in [0.3, 0.4) is 0 Å². The largest absolute Gasteiger partial charge is 0.314 e. The topological polar surface area (TPSA) is 15.3 Å². The second-order valence-corrected chi connectivity index (χ2v) is 6.29. The SMILES string of the molecule is CCCCN(CCC1CCCC1NCC)C(C)CC. The molecule has 0 aromatic carbocycles. The number of hydrogen-bond donors (Lipinski definition) is 1. The fraction of sp³-hybridized carbons (Fsp3) is 1.00. The molecule has 1 aliphatic carbocycles. The molecule has 1 aliphatic rings. The first-order valence-electron chi connectivity index (χ1n) is 8.70. The summed E-state index contributed by atoms with van der Waals surface area (Å²) in [4.78, 5) is 2.73. The average Bonchev–Trinajstić information content (AvgIpc) is 2.86. The van der Waals surface area contributed by atoms with E-state index in [4.69, 9.17) is 0 Å². The van der Waals surface area contributed by atoms with Gasteiger partial charge in [-0.15, -0.1) is 0 Å². The van der Waals surface area contributed by atoms with Gasteiger partial charge in [0.2, 0.25) is 0 Å². The molecule has 2 heteroatoms. The summed E-state index contributed by atoms with van der Waals surface area (Å²) >= 11 is 0. The van der Waals surface area contributed by atoms with E-state index in [-0.39, 0.29) is 0 Å². The van der Waals surface area contributed by atoms with E-state index in [2.05, 4.69) is 37.9 Å². The summed E-state index contributed by atoms with van der Waals surface area (Å²) in [5.74, 6) is 0.924. The predicted molar refractivity (Wildman–Crippen MR) is 85.7 cm³/mol. The maximum absolute atomic E-state index is 3.69. The van der Waals surface area contributed by atoms with Gasteiger partial charge < -0.3 is 10.2 Å². The molecule has 0 aliphatic heterocycles. The average molecular weight is 268 g/mol. The molecule has 2 nitrogen and oxygen atoms in total. The number of rotatable bonds is 10. The Hall–Kier alpha value is -0.0800. The van der Waals surface area contributed by atoms with E-state index in [1.54, 1.807) is 0 Å². The van der Waals surface area contributed by atoms with Gasteiger partial charge in [0.15, 0.2) is 0 Å². The van der Waals surface area contributed by atoms with Gasteiger partial charge in [0.1, 0.15) is 0 Å². The maximum atomic E-state index is 3.69. The third kappa shape index (κ3) is 5.83. The molecule has 1 fully saturated rings. The highest BCUT2D eigenvalue weighted by molar-refractivity contribution is 4.83. The van der Waals surface area contributed by atoms with Crippen LogP contribution in [0.15, 0.2) is 0 Å². The first-order chi connectivity index (χ1) is 9.22. The fourth-order valence-corrected chi connectivity index (χ4v) is 3.42. The molecule has 0 amide bonds. The van der Waals surface area contributed by atoms with Crippen molar-refractivity contribution in [1.29, 1.82) is 0 Å². The zero-order valence-corrected chi connectivity index (χ0v) is 13.8. The smallest absolute Gasteiger partial charge is 0.00956 e. The van der Waals surface area contributed by atoms with Gasteiger partial charge in [0.05, 0.1) is 0 Å². The normalized spacial score (nSPS) is 25.1. The van der Waals surface area contributed by atoms with Crippen LogP contribution < -0.4 is 5.32 Å². The lowest BCUT2D eigenvalue weighted by atomic mass is 9.98. The van der Waals surface area contributed by atoms with Crippen molar-refractivity contribution in [3.63, 3.8) is 0 Å². The van der Waals surface area contributed by atoms with Crippen LogP contribution in [-0.4, -0.2) is 36.6 Å². The molecule has 0 aromatic rings. The molecule has 1 rings (SSSR count). The summed E-state index contributed by atoms with van der Waals surface area (Å²) in [5, 5.41) is 3.69. The zero-order chi connectivity index (χ0) is 14.1. The second-order valence-electron chi connectivity index (χ2n) is 6.29. The number of nitrogens with one attached hydrogen (secondary N) is 1. The molecule has 0 aromatic heterocycles. The Morgan fingerprint density at radius 2 is 1.95 bits per heavy atom. The summed E-state index contributed by atoms with van der Waals surface area (Å²) in [5.41, 5.74) is 0. The van der Waals surface area contributed by atoms with Gasteiger partial charge in [0.25, 0.3) is 0 Å². The third-order valence-corrected chi connectivity index (χ3v) is 4.93. The van der Waals surface area contributed by atoms with Gasteiger partial charge >= 0.3 is 0 Å². The first kappa shape index (κ1) is 17.0. The van der Waals surface area contributed by atoms with Crippen molar-refractivity contribution in [2.45, 2.75) is 84.7 Å². The molecule has 3 unspecified atom stereocenters. The van der Waals surface area contributed by atoms with Crippen molar-refractivity contribution in [1.82, 2.24) is 10.2 Å². The van der Waals surface area contributed by atoms with Crippen LogP contribution in [0.1, 0.15) is 72.6 Å². The Morgan fingerprint density at radius 3 is 2.58 bits per heavy atom. The molecule has 3 atom stereocenters. The van der Waals surface area contributed by atoms with Crippen LogP contribution in [0, 0.1) is 5.92 Å². The van der Waals surface area contributed by atoms with E-state index < -0.39 is 0 Å². The van der Waals surface area contributed by atoms with Crippen molar-refractivity contribution >= 4 is 0 Å². The van der Waals surface area contributed by atoms with Gasteiger partial charge in [-0.25, -0.2) is 0 Å². The Bertz CT molecular complexity index is 217. The second kappa shape index (κ2) is 9.77. The standard InChI is InChI=1S/C17H36N2/c1-5-8-13-19(15(4)6-2)14-12-16-10-9-11-17(16)18-7-3/h15-18H,5-14H2,1-4H3. The highest BCUT2D eigenvalue weighted by Crippen LogP contribution is 2.28. The van der Waals surface area contributed by atoms with Gasteiger partial charge in [-0.1, -0.05) is 33.6 Å². The maximum Gasteiger partial charge on any atom is 0.00956 e. The highest BCUT2D eigenvalue weighted by Gasteiger charge is 2.26. The monoisotopic (exact) mass is 268 g/mol. The van der Waals surface area contributed by atoms with Crippen LogP contribution in [0.4, 0.5) is 0 Å². The van der Waals surface area contributed by atoms with E-state index in [9.17, 15) is 0 Å². The summed E-state index contributed by atoms with van der Waals surface area (Å²) in [7, 11) is 0. The third-order valence-electron chi connectivity index (χ3n) is 4.93. The molecule has 114 valence electrons. The van der Waals surface area contributed by atoms with E-state index in [0.29, 0.717) is 0 Å². The van der Waals surface area contributed by atoms with E-state index in [1.807, 2.05) is 0 Å². The lowest BCUT2D eigenvalue weighted by Crippen LogP contribution is -2.38. The number of nitrogens with zero attached hydrogens (tertiary/aromatic N) is 1. The molecule has 0 heterocycles. The van der Waals surface area contributed by atoms with Crippen LogP contribution in [0.2, 0.25) is 0 Å². The molecule has 19 heavy (non-hydrogen) atoms. The molecule has 0 saturated heterocycles. The van der Waals surface area contributed by atoms with Gasteiger partial charge in [-0.05, 0) is 64.6 Å². The van der Waals surface area contributed by atoms with Crippen LogP contribution >= 0.6 is 0 Å². The molecule has 1 saturated carbocycles. The van der Waals surface area contributed by atoms with Gasteiger partial charge in [-0.3, -0.25) is 0 Å². The van der Waals surface area contributed by atoms with Gasteiger partial charge in [-0.2, -0.15) is 0 Å². The lowest BCUT2D eigenvalue weighted by Gasteiger charge is -2.30. The minimum Gasteiger partial charge on any atom is -0.314 e. The summed E-state index contributed by atoms with van der Waals surface area (Å²) in [6.07, 6.45) is 9.62. The van der Waals surface area contributed by atoms with Crippen molar-refractivity contribution in [3.8, 4) is 0 Å².